The van der Waals surface area contributed by atoms with Crippen LogP contribution in [0, 0.1) is 0 Å². The highest BCUT2D eigenvalue weighted by molar-refractivity contribution is 5.86. The molecule has 2 N–H and O–H groups in total. The Kier molecular flexibility index (Phi) is 3.61. The van der Waals surface area contributed by atoms with Crippen LogP contribution in [0.3, 0.4) is 0 Å². The summed E-state index contributed by atoms with van der Waals surface area (Å²) >= 11 is 0. The van der Waals surface area contributed by atoms with Crippen LogP contribution in [-0.2, 0) is 23.2 Å². The van der Waals surface area contributed by atoms with Crippen LogP contribution in [0.2, 0.25) is 0 Å². The maximum Gasteiger partial charge on any atom is 0.305 e. The van der Waals surface area contributed by atoms with E-state index in [0.29, 0.717) is 19.6 Å². The number of hydrogen-bond acceptors (Lipinski definition) is 4. The molecule has 7 heteroatoms. The molecule has 1 aliphatic heterocycles. The molecule has 1 atom stereocenters. The highest BCUT2D eigenvalue weighted by atomic mass is 16.4. The van der Waals surface area contributed by atoms with Crippen molar-refractivity contribution in [3.05, 3.63) is 18.2 Å². The maximum atomic E-state index is 11.7. The summed E-state index contributed by atoms with van der Waals surface area (Å²) in [5, 5.41) is 11.6. The minimum Gasteiger partial charge on any atom is -0.481 e. The Labute approximate surface area is 104 Å². The van der Waals surface area contributed by atoms with E-state index in [2.05, 4.69) is 10.3 Å². The third-order valence-corrected chi connectivity index (χ3v) is 3.09. The van der Waals surface area contributed by atoms with Gasteiger partial charge in [0.25, 0.3) is 0 Å². The van der Waals surface area contributed by atoms with Gasteiger partial charge < -0.3 is 15.0 Å². The average molecular weight is 252 g/mol. The average Bonchev–Trinajstić information content (AvgIpc) is 2.69. The fourth-order valence-electron chi connectivity index (χ4n) is 2.08. The molecule has 7 nitrogen and oxygen atoms in total. The summed E-state index contributed by atoms with van der Waals surface area (Å²) in [6, 6.07) is -0.605. The van der Waals surface area contributed by atoms with Crippen molar-refractivity contribution >= 4 is 11.9 Å². The van der Waals surface area contributed by atoms with Gasteiger partial charge in [0.2, 0.25) is 5.91 Å². The zero-order valence-electron chi connectivity index (χ0n) is 10.2. The molecule has 0 aliphatic carbocycles. The number of carboxylic acids is 1. The van der Waals surface area contributed by atoms with E-state index in [-0.39, 0.29) is 12.3 Å². The molecule has 1 unspecified atom stereocenters. The summed E-state index contributed by atoms with van der Waals surface area (Å²) in [7, 11) is 1.87. The number of aliphatic carboxylic acids is 1. The summed E-state index contributed by atoms with van der Waals surface area (Å²) in [5.41, 5.74) is 0.958. The Hall–Kier alpha value is -1.89. The Bertz CT molecular complexity index is 457. The minimum atomic E-state index is -0.966. The first-order valence-corrected chi connectivity index (χ1v) is 5.76. The summed E-state index contributed by atoms with van der Waals surface area (Å²) in [6.45, 7) is 1.73. The Morgan fingerprint density at radius 2 is 2.44 bits per heavy atom. The number of carboxylic acid groups (broad SMARTS) is 1. The number of carbonyl (C=O) groups is 2. The standard InChI is InChI=1S/C11H16N4O3/c1-14-7-12-5-8(14)6-15-3-2-13-11(18)9(15)4-10(16)17/h5,7,9H,2-4,6H2,1H3,(H,13,18)(H,16,17). The lowest BCUT2D eigenvalue weighted by molar-refractivity contribution is -0.143. The molecule has 1 aromatic heterocycles. The van der Waals surface area contributed by atoms with Crippen LogP contribution < -0.4 is 5.32 Å². The first kappa shape index (κ1) is 12.6. The van der Waals surface area contributed by atoms with Gasteiger partial charge in [-0.1, -0.05) is 0 Å². The van der Waals surface area contributed by atoms with Gasteiger partial charge in [-0.05, 0) is 0 Å². The smallest absolute Gasteiger partial charge is 0.305 e. The number of carbonyl (C=O) groups excluding carboxylic acids is 1. The van der Waals surface area contributed by atoms with Gasteiger partial charge in [0, 0.05) is 32.9 Å². The first-order chi connectivity index (χ1) is 8.58. The third-order valence-electron chi connectivity index (χ3n) is 3.09. The van der Waals surface area contributed by atoms with Gasteiger partial charge in [-0.3, -0.25) is 14.5 Å². The number of nitrogens with zero attached hydrogens (tertiary/aromatic N) is 3. The lowest BCUT2D eigenvalue weighted by Gasteiger charge is -2.34. The van der Waals surface area contributed by atoms with E-state index in [1.165, 1.54) is 0 Å². The van der Waals surface area contributed by atoms with Crippen LogP contribution in [0.4, 0.5) is 0 Å². The number of rotatable bonds is 4. The molecule has 1 aliphatic rings. The van der Waals surface area contributed by atoms with Crippen LogP contribution in [0.15, 0.2) is 12.5 Å². The summed E-state index contributed by atoms with van der Waals surface area (Å²) in [4.78, 5) is 28.4. The molecule has 1 aromatic rings. The molecular weight excluding hydrogens is 236 g/mol. The van der Waals surface area contributed by atoms with E-state index in [0.717, 1.165) is 5.69 Å². The van der Waals surface area contributed by atoms with E-state index in [9.17, 15) is 9.59 Å². The highest BCUT2D eigenvalue weighted by Crippen LogP contribution is 2.13. The van der Waals surface area contributed by atoms with Gasteiger partial charge in [-0.25, -0.2) is 4.98 Å². The van der Waals surface area contributed by atoms with E-state index in [1.54, 1.807) is 12.5 Å². The molecule has 0 saturated carbocycles. The largest absolute Gasteiger partial charge is 0.481 e. The molecule has 98 valence electrons. The van der Waals surface area contributed by atoms with Gasteiger partial charge in [0.15, 0.2) is 0 Å². The van der Waals surface area contributed by atoms with Crippen molar-refractivity contribution in [3.8, 4) is 0 Å². The quantitative estimate of drug-likeness (QED) is 0.732. The molecule has 1 fully saturated rings. The van der Waals surface area contributed by atoms with Crippen molar-refractivity contribution in [1.29, 1.82) is 0 Å². The molecular formula is C11H16N4O3. The van der Waals surface area contributed by atoms with E-state index < -0.39 is 12.0 Å². The predicted octanol–water partition coefficient (Wildman–Crippen LogP) is -0.805. The van der Waals surface area contributed by atoms with Crippen LogP contribution in [0.1, 0.15) is 12.1 Å². The Morgan fingerprint density at radius 3 is 3.06 bits per heavy atom. The summed E-state index contributed by atoms with van der Waals surface area (Å²) in [6.07, 6.45) is 3.24. The molecule has 0 spiro atoms. The summed E-state index contributed by atoms with van der Waals surface area (Å²) in [5.74, 6) is -1.18. The molecule has 1 saturated heterocycles. The zero-order chi connectivity index (χ0) is 13.1. The normalized spacial score (nSPS) is 20.7. The summed E-state index contributed by atoms with van der Waals surface area (Å²) < 4.78 is 1.87. The van der Waals surface area contributed by atoms with Gasteiger partial charge in [0.05, 0.1) is 18.4 Å². The van der Waals surface area contributed by atoms with Gasteiger partial charge in [-0.15, -0.1) is 0 Å². The number of amides is 1. The maximum absolute atomic E-state index is 11.7. The van der Waals surface area contributed by atoms with Crippen LogP contribution >= 0.6 is 0 Å². The fourth-order valence-corrected chi connectivity index (χ4v) is 2.08. The van der Waals surface area contributed by atoms with E-state index >= 15 is 0 Å². The second-order valence-corrected chi connectivity index (χ2v) is 4.37. The van der Waals surface area contributed by atoms with Crippen LogP contribution in [-0.4, -0.2) is 50.6 Å². The van der Waals surface area contributed by atoms with E-state index in [1.807, 2.05) is 16.5 Å². The van der Waals surface area contributed by atoms with Crippen molar-refractivity contribution in [2.75, 3.05) is 13.1 Å². The molecule has 1 amide bonds. The number of nitrogens with one attached hydrogen (secondary N) is 1. The third kappa shape index (κ3) is 2.67. The molecule has 2 rings (SSSR count). The topological polar surface area (TPSA) is 87.5 Å². The van der Waals surface area contributed by atoms with Crippen LogP contribution in [0.5, 0.6) is 0 Å². The van der Waals surface area contributed by atoms with Crippen molar-refractivity contribution in [1.82, 2.24) is 19.8 Å². The number of aryl methyl sites for hydroxylation is 1. The van der Waals surface area contributed by atoms with Crippen molar-refractivity contribution in [3.63, 3.8) is 0 Å². The second-order valence-electron chi connectivity index (χ2n) is 4.37. The number of piperazine rings is 1. The number of aromatic nitrogens is 2. The molecule has 0 bridgehead atoms. The Balaban J connectivity index is 2.10. The lowest BCUT2D eigenvalue weighted by atomic mass is 10.1. The molecule has 2 heterocycles. The number of imidazole rings is 1. The molecule has 18 heavy (non-hydrogen) atoms. The number of hydrogen-bond donors (Lipinski definition) is 2. The Morgan fingerprint density at radius 1 is 1.67 bits per heavy atom. The first-order valence-electron chi connectivity index (χ1n) is 5.76. The lowest BCUT2D eigenvalue weighted by Crippen LogP contribution is -2.55. The second kappa shape index (κ2) is 5.18. The fraction of sp³-hybridized carbons (Fsp3) is 0.545. The highest BCUT2D eigenvalue weighted by Gasteiger charge is 2.31. The molecule has 0 aromatic carbocycles. The minimum absolute atomic E-state index is 0.177. The van der Waals surface area contributed by atoms with E-state index in [4.69, 9.17) is 5.11 Å². The van der Waals surface area contributed by atoms with Gasteiger partial charge in [-0.2, -0.15) is 0 Å². The molecule has 0 radical (unpaired) electrons. The zero-order valence-corrected chi connectivity index (χ0v) is 10.2. The predicted molar refractivity (Wildman–Crippen MR) is 62.7 cm³/mol. The monoisotopic (exact) mass is 252 g/mol. The van der Waals surface area contributed by atoms with Gasteiger partial charge in [0.1, 0.15) is 6.04 Å². The van der Waals surface area contributed by atoms with Crippen molar-refractivity contribution < 1.29 is 14.7 Å². The van der Waals surface area contributed by atoms with Crippen LogP contribution in [0.25, 0.3) is 0 Å². The van der Waals surface area contributed by atoms with Crippen molar-refractivity contribution in [2.24, 2.45) is 7.05 Å². The SMILES string of the molecule is Cn1cncc1CN1CCNC(=O)C1CC(=O)O. The van der Waals surface area contributed by atoms with Crippen molar-refractivity contribution in [2.45, 2.75) is 19.0 Å². The van der Waals surface area contributed by atoms with Gasteiger partial charge >= 0.3 is 5.97 Å².